The Balaban J connectivity index is 1.74. The highest BCUT2D eigenvalue weighted by atomic mass is 35.5. The Morgan fingerprint density at radius 1 is 0.903 bits per heavy atom. The van der Waals surface area contributed by atoms with Gasteiger partial charge in [0.1, 0.15) is 12.4 Å². The highest BCUT2D eigenvalue weighted by Gasteiger charge is 2.16. The van der Waals surface area contributed by atoms with Crippen molar-refractivity contribution >= 4 is 34.1 Å². The number of rotatable bonds is 5. The van der Waals surface area contributed by atoms with E-state index >= 15 is 0 Å². The number of fused-ring (bicyclic) bond motifs is 1. The number of carbonyl (C=O) groups is 1. The molecule has 0 fully saturated rings. The van der Waals surface area contributed by atoms with Crippen LogP contribution in [0, 0.1) is 5.82 Å². The largest absolute Gasteiger partial charge is 0.332 e. The molecule has 0 atom stereocenters. The lowest BCUT2D eigenvalue weighted by molar-refractivity contribution is -0.116. The lowest BCUT2D eigenvalue weighted by Gasteiger charge is -2.14. The van der Waals surface area contributed by atoms with Crippen molar-refractivity contribution in [3.8, 4) is 0 Å². The van der Waals surface area contributed by atoms with Gasteiger partial charge in [-0.25, -0.2) is 9.18 Å². The fourth-order valence-corrected chi connectivity index (χ4v) is 3.44. The van der Waals surface area contributed by atoms with E-state index in [2.05, 4.69) is 5.32 Å². The maximum Gasteiger partial charge on any atom is 0.332 e. The van der Waals surface area contributed by atoms with Gasteiger partial charge in [0.25, 0.3) is 5.56 Å². The van der Waals surface area contributed by atoms with Crippen LogP contribution in [0.5, 0.6) is 0 Å². The number of aromatic nitrogens is 2. The fourth-order valence-electron chi connectivity index (χ4n) is 3.31. The van der Waals surface area contributed by atoms with Gasteiger partial charge in [0.05, 0.1) is 17.4 Å². The SMILES string of the molecule is O=C(Cn1c(=O)n(Cc2ccc(F)cc2)c(=O)c2ccccc21)Nc1ccc(Cl)cc1. The average Bonchev–Trinajstić information content (AvgIpc) is 2.77. The summed E-state index contributed by atoms with van der Waals surface area (Å²) >= 11 is 5.86. The topological polar surface area (TPSA) is 73.1 Å². The molecule has 0 aliphatic carbocycles. The van der Waals surface area contributed by atoms with E-state index in [4.69, 9.17) is 11.6 Å². The van der Waals surface area contributed by atoms with Crippen molar-refractivity contribution in [3.63, 3.8) is 0 Å². The Bertz CT molecular complexity index is 1380. The van der Waals surface area contributed by atoms with Crippen molar-refractivity contribution < 1.29 is 9.18 Å². The van der Waals surface area contributed by atoms with Gasteiger partial charge >= 0.3 is 5.69 Å². The smallest absolute Gasteiger partial charge is 0.325 e. The molecule has 156 valence electrons. The molecule has 0 saturated carbocycles. The summed E-state index contributed by atoms with van der Waals surface area (Å²) in [6.45, 7) is -0.326. The first kappa shape index (κ1) is 20.6. The molecule has 1 amide bonds. The molecule has 31 heavy (non-hydrogen) atoms. The molecule has 8 heteroatoms. The molecule has 0 bridgehead atoms. The summed E-state index contributed by atoms with van der Waals surface area (Å²) in [6, 6.07) is 18.7. The number of nitrogens with zero attached hydrogens (tertiary/aromatic N) is 2. The van der Waals surface area contributed by atoms with Gasteiger partial charge in [0, 0.05) is 10.7 Å². The lowest BCUT2D eigenvalue weighted by Crippen LogP contribution is -2.42. The first-order valence-corrected chi connectivity index (χ1v) is 9.82. The van der Waals surface area contributed by atoms with Crippen molar-refractivity contribution in [2.24, 2.45) is 0 Å². The summed E-state index contributed by atoms with van der Waals surface area (Å²) in [5.74, 6) is -0.840. The quantitative estimate of drug-likeness (QED) is 0.518. The number of amides is 1. The minimum atomic E-state index is -0.626. The monoisotopic (exact) mass is 437 g/mol. The van der Waals surface area contributed by atoms with E-state index in [1.807, 2.05) is 0 Å². The van der Waals surface area contributed by atoms with Gasteiger partial charge in [-0.05, 0) is 54.1 Å². The predicted octanol–water partition coefficient (Wildman–Crippen LogP) is 3.64. The molecule has 0 aliphatic heterocycles. The molecule has 1 aromatic heterocycles. The van der Waals surface area contributed by atoms with Gasteiger partial charge < -0.3 is 5.32 Å². The van der Waals surface area contributed by atoms with Crippen molar-refractivity contribution in [2.75, 3.05) is 5.32 Å². The maximum absolute atomic E-state index is 13.2. The molecule has 1 N–H and O–H groups in total. The second-order valence-electron chi connectivity index (χ2n) is 6.96. The second kappa shape index (κ2) is 8.57. The Hall–Kier alpha value is -3.71. The molecular weight excluding hydrogens is 421 g/mol. The zero-order valence-corrected chi connectivity index (χ0v) is 17.0. The molecular formula is C23H17ClFN3O3. The van der Waals surface area contributed by atoms with Crippen molar-refractivity contribution in [1.82, 2.24) is 9.13 Å². The number of nitrogens with one attached hydrogen (secondary N) is 1. The molecule has 0 saturated heterocycles. The number of halogens is 2. The third-order valence-electron chi connectivity index (χ3n) is 4.82. The van der Waals surface area contributed by atoms with Gasteiger partial charge in [-0.1, -0.05) is 35.9 Å². The van der Waals surface area contributed by atoms with Crippen LogP contribution in [0.2, 0.25) is 5.02 Å². The van der Waals surface area contributed by atoms with Gasteiger partial charge in [-0.15, -0.1) is 0 Å². The minimum absolute atomic E-state index is 0.0401. The van der Waals surface area contributed by atoms with E-state index in [0.717, 1.165) is 4.57 Å². The summed E-state index contributed by atoms with van der Waals surface area (Å²) in [5.41, 5.74) is 0.386. The number of anilines is 1. The summed E-state index contributed by atoms with van der Waals surface area (Å²) in [4.78, 5) is 38.7. The van der Waals surface area contributed by atoms with E-state index < -0.39 is 23.0 Å². The Morgan fingerprint density at radius 2 is 1.58 bits per heavy atom. The average molecular weight is 438 g/mol. The van der Waals surface area contributed by atoms with E-state index in [1.165, 1.54) is 28.8 Å². The Morgan fingerprint density at radius 3 is 2.29 bits per heavy atom. The first-order chi connectivity index (χ1) is 14.9. The molecule has 0 spiro atoms. The number of hydrogen-bond acceptors (Lipinski definition) is 3. The molecule has 4 rings (SSSR count). The fraction of sp³-hybridized carbons (Fsp3) is 0.0870. The van der Waals surface area contributed by atoms with Crippen LogP contribution >= 0.6 is 11.6 Å². The molecule has 0 aliphatic rings. The summed E-state index contributed by atoms with van der Waals surface area (Å²) in [5, 5.41) is 3.56. The van der Waals surface area contributed by atoms with Crippen molar-refractivity contribution in [3.05, 3.63) is 110 Å². The number of benzene rings is 3. The third-order valence-corrected chi connectivity index (χ3v) is 5.07. The standard InChI is InChI=1S/C23H17ClFN3O3/c24-16-7-11-18(12-8-16)26-21(29)14-27-20-4-2-1-3-19(20)22(30)28(23(27)31)13-15-5-9-17(25)10-6-15/h1-12H,13-14H2,(H,26,29). The van der Waals surface area contributed by atoms with Crippen LogP contribution < -0.4 is 16.6 Å². The summed E-state index contributed by atoms with van der Waals surface area (Å²) in [6.07, 6.45) is 0. The zero-order valence-electron chi connectivity index (χ0n) is 16.2. The van der Waals surface area contributed by atoms with E-state index in [9.17, 15) is 18.8 Å². The van der Waals surface area contributed by atoms with Crippen molar-refractivity contribution in [1.29, 1.82) is 0 Å². The summed E-state index contributed by atoms with van der Waals surface area (Å²) in [7, 11) is 0. The molecule has 4 aromatic rings. The molecule has 0 radical (unpaired) electrons. The minimum Gasteiger partial charge on any atom is -0.325 e. The van der Waals surface area contributed by atoms with Crippen LogP contribution in [0.4, 0.5) is 10.1 Å². The highest BCUT2D eigenvalue weighted by molar-refractivity contribution is 6.30. The summed E-state index contributed by atoms with van der Waals surface area (Å²) < 4.78 is 15.5. The van der Waals surface area contributed by atoms with Crippen LogP contribution in [-0.2, 0) is 17.9 Å². The predicted molar refractivity (Wildman–Crippen MR) is 118 cm³/mol. The van der Waals surface area contributed by atoms with Crippen LogP contribution in [0.15, 0.2) is 82.4 Å². The van der Waals surface area contributed by atoms with Crippen molar-refractivity contribution in [2.45, 2.75) is 13.1 Å². The third kappa shape index (κ3) is 4.41. The van der Waals surface area contributed by atoms with Gasteiger partial charge in [0.15, 0.2) is 0 Å². The number of carbonyl (C=O) groups excluding carboxylic acids is 1. The zero-order chi connectivity index (χ0) is 22.0. The van der Waals surface area contributed by atoms with Crippen LogP contribution in [0.1, 0.15) is 5.56 Å². The van der Waals surface area contributed by atoms with E-state index in [1.54, 1.807) is 48.5 Å². The molecule has 0 unspecified atom stereocenters. The number of hydrogen-bond donors (Lipinski definition) is 1. The van der Waals surface area contributed by atoms with Crippen LogP contribution in [0.3, 0.4) is 0 Å². The van der Waals surface area contributed by atoms with Crippen LogP contribution in [0.25, 0.3) is 10.9 Å². The van der Waals surface area contributed by atoms with E-state index in [0.29, 0.717) is 27.2 Å². The molecule has 6 nitrogen and oxygen atoms in total. The van der Waals surface area contributed by atoms with Gasteiger partial charge in [-0.3, -0.25) is 18.7 Å². The van der Waals surface area contributed by atoms with Gasteiger partial charge in [0.2, 0.25) is 5.91 Å². The molecule has 1 heterocycles. The highest BCUT2D eigenvalue weighted by Crippen LogP contribution is 2.14. The maximum atomic E-state index is 13.2. The Labute approximate surface area is 181 Å². The number of para-hydroxylation sites is 1. The lowest BCUT2D eigenvalue weighted by atomic mass is 10.2. The Kier molecular flexibility index (Phi) is 5.68. The van der Waals surface area contributed by atoms with Crippen LogP contribution in [-0.4, -0.2) is 15.0 Å². The van der Waals surface area contributed by atoms with Gasteiger partial charge in [-0.2, -0.15) is 0 Å². The second-order valence-corrected chi connectivity index (χ2v) is 7.40. The first-order valence-electron chi connectivity index (χ1n) is 9.44. The van der Waals surface area contributed by atoms with E-state index in [-0.39, 0.29) is 13.1 Å². The molecule has 3 aromatic carbocycles. The normalized spacial score (nSPS) is 10.9.